The van der Waals surface area contributed by atoms with Gasteiger partial charge < -0.3 is 5.11 Å². The van der Waals surface area contributed by atoms with Crippen molar-refractivity contribution in [1.29, 1.82) is 0 Å². The number of fused-ring (bicyclic) bond motifs is 2. The summed E-state index contributed by atoms with van der Waals surface area (Å²) in [6.45, 7) is 8.85. The molecule has 0 saturated heterocycles. The van der Waals surface area contributed by atoms with Gasteiger partial charge in [0.2, 0.25) is 0 Å². The van der Waals surface area contributed by atoms with Gasteiger partial charge in [0.15, 0.2) is 0 Å². The first-order chi connectivity index (χ1) is 10.3. The lowest BCUT2D eigenvalue weighted by Gasteiger charge is -2.60. The van der Waals surface area contributed by atoms with Gasteiger partial charge in [0, 0.05) is 17.3 Å². The van der Waals surface area contributed by atoms with Crippen LogP contribution in [-0.4, -0.2) is 17.0 Å². The van der Waals surface area contributed by atoms with E-state index in [9.17, 15) is 9.90 Å². The van der Waals surface area contributed by atoms with Gasteiger partial charge in [-0.2, -0.15) is 0 Å². The average Bonchev–Trinajstić information content (AvgIpc) is 2.66. The van der Waals surface area contributed by atoms with E-state index in [1.165, 1.54) is 16.7 Å². The number of carbonyl (C=O) groups excluding carboxylic acids is 1. The molecule has 4 aliphatic rings. The number of aliphatic hydroxyl groups excluding tert-OH is 1. The molecule has 4 aliphatic carbocycles. The van der Waals surface area contributed by atoms with Crippen molar-refractivity contribution in [3.63, 3.8) is 0 Å². The summed E-state index contributed by atoms with van der Waals surface area (Å²) in [5.74, 6) is 0.202. The van der Waals surface area contributed by atoms with Gasteiger partial charge in [-0.05, 0) is 28.5 Å². The fourth-order valence-electron chi connectivity index (χ4n) is 5.16. The van der Waals surface area contributed by atoms with Gasteiger partial charge in [0.1, 0.15) is 5.78 Å². The highest BCUT2D eigenvalue weighted by molar-refractivity contribution is 5.95. The topological polar surface area (TPSA) is 37.3 Å². The van der Waals surface area contributed by atoms with E-state index < -0.39 is 6.10 Å². The summed E-state index contributed by atoms with van der Waals surface area (Å²) >= 11 is 0. The lowest BCUT2D eigenvalue weighted by atomic mass is 9.41. The Balaban J connectivity index is 2.02. The van der Waals surface area contributed by atoms with Crippen LogP contribution in [0.25, 0.3) is 0 Å². The van der Waals surface area contributed by atoms with Gasteiger partial charge in [-0.15, -0.1) is 0 Å². The van der Waals surface area contributed by atoms with E-state index in [0.29, 0.717) is 0 Å². The summed E-state index contributed by atoms with van der Waals surface area (Å²) < 4.78 is 0. The first-order valence-electron chi connectivity index (χ1n) is 8.37. The van der Waals surface area contributed by atoms with Crippen LogP contribution >= 0.6 is 0 Å². The molecular weight excluding hydrogens is 272 g/mol. The molecule has 0 amide bonds. The van der Waals surface area contributed by atoms with Gasteiger partial charge in [-0.25, -0.2) is 0 Å². The van der Waals surface area contributed by atoms with Crippen molar-refractivity contribution in [2.75, 3.05) is 0 Å². The summed E-state index contributed by atoms with van der Waals surface area (Å²) in [5.41, 5.74) is 3.64. The third kappa shape index (κ3) is 1.38. The fraction of sp³-hybridized carbons (Fsp3) is 0.550. The van der Waals surface area contributed by atoms with Crippen LogP contribution < -0.4 is 0 Å². The highest BCUT2D eigenvalue weighted by atomic mass is 16.3. The van der Waals surface area contributed by atoms with Crippen LogP contribution in [0.1, 0.15) is 50.3 Å². The predicted molar refractivity (Wildman–Crippen MR) is 86.8 cm³/mol. The molecule has 0 spiro atoms. The largest absolute Gasteiger partial charge is 0.388 e. The lowest BCUT2D eigenvalue weighted by molar-refractivity contribution is -0.152. The molecule has 0 aliphatic heterocycles. The highest BCUT2D eigenvalue weighted by Gasteiger charge is 2.67. The number of aliphatic hydroxyl groups is 1. The van der Waals surface area contributed by atoms with Crippen molar-refractivity contribution >= 4 is 5.78 Å². The molecule has 22 heavy (non-hydrogen) atoms. The van der Waals surface area contributed by atoms with Crippen molar-refractivity contribution in [3.05, 3.63) is 47.0 Å². The van der Waals surface area contributed by atoms with Gasteiger partial charge in [0.05, 0.1) is 12.0 Å². The van der Waals surface area contributed by atoms with E-state index in [1.807, 2.05) is 6.08 Å². The summed E-state index contributed by atoms with van der Waals surface area (Å²) in [7, 11) is 0. The molecule has 2 nitrogen and oxygen atoms in total. The maximum atomic E-state index is 12.7. The molecule has 0 aromatic heterocycles. The first-order valence-corrected chi connectivity index (χ1v) is 8.37. The van der Waals surface area contributed by atoms with Crippen LogP contribution in [0.15, 0.2) is 30.4 Å². The minimum absolute atomic E-state index is 0.0144. The Bertz CT molecular complexity index is 700. The number of carbonyl (C=O) groups is 1. The molecule has 116 valence electrons. The van der Waals surface area contributed by atoms with Gasteiger partial charge >= 0.3 is 0 Å². The molecule has 1 aromatic rings. The van der Waals surface area contributed by atoms with Crippen molar-refractivity contribution in [2.24, 2.45) is 17.3 Å². The maximum Gasteiger partial charge on any atom is 0.144 e. The molecule has 0 heterocycles. The SMILES string of the molecule is CCc1ccc2c(c1)[C@H]1[C@@H]3C(=O)[C@H]1C(C)(C=C[C@H]3O)C2(C)C. The van der Waals surface area contributed by atoms with E-state index in [-0.39, 0.29) is 34.4 Å². The van der Waals surface area contributed by atoms with Gasteiger partial charge in [0.25, 0.3) is 0 Å². The summed E-state index contributed by atoms with van der Waals surface area (Å²) in [5, 5.41) is 10.4. The number of Topliss-reactive ketones (excluding diaryl/α,β-unsaturated/α-hetero) is 1. The third-order valence-corrected chi connectivity index (χ3v) is 6.94. The second kappa shape index (κ2) is 4.11. The second-order valence-electron chi connectivity index (χ2n) is 7.96. The lowest BCUT2D eigenvalue weighted by Crippen LogP contribution is -2.62. The van der Waals surface area contributed by atoms with Crippen LogP contribution in [0.2, 0.25) is 0 Å². The number of aryl methyl sites for hydroxylation is 1. The number of allylic oxidation sites excluding steroid dienone is 1. The standard InChI is InChI=1S/C20H24O2/c1-5-11-6-7-13-12(10-11)15-16-14(21)8-9-20(4,19(13,2)3)17(15)18(16)22/h6-10,14-17,21H,5H2,1-4H3/t14-,15+,16-,17+,20?/m1/s1. The molecule has 5 rings (SSSR count). The zero-order valence-electron chi connectivity index (χ0n) is 13.8. The Morgan fingerprint density at radius 1 is 1.18 bits per heavy atom. The molecule has 1 saturated carbocycles. The zero-order chi connectivity index (χ0) is 15.9. The van der Waals surface area contributed by atoms with Crippen molar-refractivity contribution < 1.29 is 9.90 Å². The Labute approximate surface area is 132 Å². The second-order valence-corrected chi connectivity index (χ2v) is 7.96. The quantitative estimate of drug-likeness (QED) is 0.807. The highest BCUT2D eigenvalue weighted by Crippen LogP contribution is 2.67. The molecule has 1 unspecified atom stereocenters. The normalized spacial score (nSPS) is 40.7. The molecular formula is C20H24O2. The van der Waals surface area contributed by atoms with Crippen LogP contribution in [0, 0.1) is 17.3 Å². The molecule has 5 atom stereocenters. The first kappa shape index (κ1) is 14.2. The van der Waals surface area contributed by atoms with E-state index in [4.69, 9.17) is 0 Å². The summed E-state index contributed by atoms with van der Waals surface area (Å²) in [4.78, 5) is 12.7. The molecule has 2 heteroatoms. The Morgan fingerprint density at radius 3 is 2.59 bits per heavy atom. The summed E-state index contributed by atoms with van der Waals surface area (Å²) in [6, 6.07) is 6.76. The van der Waals surface area contributed by atoms with E-state index >= 15 is 0 Å². The smallest absolute Gasteiger partial charge is 0.144 e. The molecule has 0 radical (unpaired) electrons. The van der Waals surface area contributed by atoms with Gasteiger partial charge in [-0.3, -0.25) is 4.79 Å². The predicted octanol–water partition coefficient (Wildman–Crippen LogP) is 3.38. The molecule has 4 bridgehead atoms. The van der Waals surface area contributed by atoms with Crippen LogP contribution in [-0.2, 0) is 16.6 Å². The number of rotatable bonds is 1. The number of benzene rings is 1. The number of hydrogen-bond donors (Lipinski definition) is 1. The number of ketones is 1. The Morgan fingerprint density at radius 2 is 1.91 bits per heavy atom. The van der Waals surface area contributed by atoms with Crippen molar-refractivity contribution in [3.8, 4) is 0 Å². The monoisotopic (exact) mass is 296 g/mol. The Hall–Kier alpha value is -1.41. The fourth-order valence-corrected chi connectivity index (χ4v) is 5.16. The molecule has 1 aromatic carbocycles. The number of hydrogen-bond acceptors (Lipinski definition) is 2. The van der Waals surface area contributed by atoms with Crippen molar-refractivity contribution in [2.45, 2.75) is 51.6 Å². The van der Waals surface area contributed by atoms with E-state index in [2.05, 4.69) is 52.0 Å². The molecule has 1 N–H and O–H groups in total. The van der Waals surface area contributed by atoms with Crippen LogP contribution in [0.3, 0.4) is 0 Å². The minimum Gasteiger partial charge on any atom is -0.388 e. The third-order valence-electron chi connectivity index (χ3n) is 6.94. The summed E-state index contributed by atoms with van der Waals surface area (Å²) in [6.07, 6.45) is 4.36. The molecule has 1 fully saturated rings. The van der Waals surface area contributed by atoms with Crippen LogP contribution in [0.4, 0.5) is 0 Å². The maximum absolute atomic E-state index is 12.7. The zero-order valence-corrected chi connectivity index (χ0v) is 13.8. The Kier molecular flexibility index (Phi) is 2.65. The van der Waals surface area contributed by atoms with Gasteiger partial charge in [-0.1, -0.05) is 58.0 Å². The minimum atomic E-state index is -0.636. The van der Waals surface area contributed by atoms with E-state index in [1.54, 1.807) is 0 Å². The van der Waals surface area contributed by atoms with Crippen molar-refractivity contribution in [1.82, 2.24) is 0 Å². The van der Waals surface area contributed by atoms with Crippen LogP contribution in [0.5, 0.6) is 0 Å². The average molecular weight is 296 g/mol. The van der Waals surface area contributed by atoms with E-state index in [0.717, 1.165) is 6.42 Å².